The topological polar surface area (TPSA) is 70.1 Å². The number of carbonyl (C=O) groups is 2. The van der Waals surface area contributed by atoms with Crippen molar-refractivity contribution in [3.63, 3.8) is 0 Å². The van der Waals surface area contributed by atoms with Crippen LogP contribution in [0.5, 0.6) is 5.75 Å². The van der Waals surface area contributed by atoms with E-state index >= 15 is 0 Å². The van der Waals surface area contributed by atoms with Gasteiger partial charge < -0.3 is 14.7 Å². The molecule has 0 aromatic heterocycles. The summed E-state index contributed by atoms with van der Waals surface area (Å²) in [5.74, 6) is -0.928. The number of aliphatic hydroxyl groups is 1. The molecule has 3 aromatic rings. The van der Waals surface area contributed by atoms with Crippen LogP contribution < -0.4 is 14.5 Å². The lowest BCUT2D eigenvalue weighted by molar-refractivity contribution is -0.132. The van der Waals surface area contributed by atoms with E-state index in [0.717, 1.165) is 16.8 Å². The molecule has 34 heavy (non-hydrogen) atoms. The van der Waals surface area contributed by atoms with Crippen LogP contribution in [0.4, 0.5) is 11.4 Å². The Morgan fingerprint density at radius 3 is 2.26 bits per heavy atom. The Kier molecular flexibility index (Phi) is 6.41. The number of hydrogen-bond acceptors (Lipinski definition) is 5. The van der Waals surface area contributed by atoms with Crippen molar-refractivity contribution in [2.45, 2.75) is 19.9 Å². The highest BCUT2D eigenvalue weighted by atomic mass is 16.5. The van der Waals surface area contributed by atoms with Crippen LogP contribution in [0.15, 0.2) is 78.4 Å². The number of carbonyl (C=O) groups excluding carboxylic acids is 2. The van der Waals surface area contributed by atoms with Crippen molar-refractivity contribution in [2.75, 3.05) is 30.5 Å². The SMILES string of the molecule is CCOc1ccc(/C(O)=C2\C(=O)C(=O)N(c3cccc(C)c3)C2c2ccc(N(C)C)cc2)cc1. The molecular weight excluding hydrogens is 428 g/mol. The largest absolute Gasteiger partial charge is 0.507 e. The molecule has 0 aliphatic carbocycles. The molecule has 6 nitrogen and oxygen atoms in total. The van der Waals surface area contributed by atoms with Crippen molar-refractivity contribution in [3.05, 3.63) is 95.1 Å². The van der Waals surface area contributed by atoms with Crippen molar-refractivity contribution in [1.29, 1.82) is 0 Å². The Hall–Kier alpha value is -4.06. The van der Waals surface area contributed by atoms with Gasteiger partial charge in [0, 0.05) is 31.0 Å². The minimum Gasteiger partial charge on any atom is -0.507 e. The van der Waals surface area contributed by atoms with E-state index in [9.17, 15) is 14.7 Å². The van der Waals surface area contributed by atoms with Gasteiger partial charge in [0.25, 0.3) is 11.7 Å². The monoisotopic (exact) mass is 456 g/mol. The Morgan fingerprint density at radius 2 is 1.68 bits per heavy atom. The van der Waals surface area contributed by atoms with Gasteiger partial charge in [-0.1, -0.05) is 24.3 Å². The van der Waals surface area contributed by atoms with Gasteiger partial charge in [-0.2, -0.15) is 0 Å². The summed E-state index contributed by atoms with van der Waals surface area (Å²) in [6, 6.07) is 21.2. The summed E-state index contributed by atoms with van der Waals surface area (Å²) in [6.45, 7) is 4.35. The molecule has 4 rings (SSSR count). The molecule has 0 saturated carbocycles. The summed E-state index contributed by atoms with van der Waals surface area (Å²) in [5.41, 5.74) is 3.80. The molecule has 6 heteroatoms. The Bertz CT molecular complexity index is 1240. The third kappa shape index (κ3) is 4.27. The highest BCUT2D eigenvalue weighted by Crippen LogP contribution is 2.42. The smallest absolute Gasteiger partial charge is 0.300 e. The molecule has 1 heterocycles. The molecule has 1 aliphatic heterocycles. The molecule has 1 amide bonds. The van der Waals surface area contributed by atoms with Gasteiger partial charge in [-0.25, -0.2) is 0 Å². The molecule has 1 atom stereocenters. The molecular formula is C28H28N2O4. The van der Waals surface area contributed by atoms with E-state index in [1.165, 1.54) is 4.90 Å². The summed E-state index contributed by atoms with van der Waals surface area (Å²) in [6.07, 6.45) is 0. The number of Topliss-reactive ketones (excluding diaryl/α,β-unsaturated/α-hetero) is 1. The lowest BCUT2D eigenvalue weighted by Gasteiger charge is -2.26. The van der Waals surface area contributed by atoms with E-state index in [0.29, 0.717) is 23.6 Å². The van der Waals surface area contributed by atoms with Crippen LogP contribution in [-0.2, 0) is 9.59 Å². The molecule has 174 valence electrons. The van der Waals surface area contributed by atoms with Crippen LogP contribution in [0.1, 0.15) is 29.7 Å². The minimum absolute atomic E-state index is 0.0632. The quantitative estimate of drug-likeness (QED) is 0.318. The number of nitrogens with zero attached hydrogens (tertiary/aromatic N) is 2. The molecule has 0 radical (unpaired) electrons. The second-order valence-corrected chi connectivity index (χ2v) is 8.45. The number of benzene rings is 3. The molecule has 1 fully saturated rings. The number of ether oxygens (including phenoxy) is 1. The molecule has 1 aliphatic rings. The molecule has 3 aromatic carbocycles. The molecule has 1 unspecified atom stereocenters. The zero-order valence-corrected chi connectivity index (χ0v) is 19.8. The van der Waals surface area contributed by atoms with Crippen LogP contribution >= 0.6 is 0 Å². The molecule has 0 spiro atoms. The van der Waals surface area contributed by atoms with Crippen molar-refractivity contribution < 1.29 is 19.4 Å². The van der Waals surface area contributed by atoms with Crippen LogP contribution in [0, 0.1) is 6.92 Å². The first-order valence-corrected chi connectivity index (χ1v) is 11.2. The number of aryl methyl sites for hydroxylation is 1. The van der Waals surface area contributed by atoms with Crippen molar-refractivity contribution in [3.8, 4) is 5.75 Å². The number of aliphatic hydroxyl groups excluding tert-OH is 1. The first-order valence-electron chi connectivity index (χ1n) is 11.2. The average molecular weight is 457 g/mol. The van der Waals surface area contributed by atoms with E-state index in [1.54, 1.807) is 30.3 Å². The van der Waals surface area contributed by atoms with Gasteiger partial charge in [0.2, 0.25) is 0 Å². The predicted octanol–water partition coefficient (Wildman–Crippen LogP) is 5.09. The fraction of sp³-hybridized carbons (Fsp3) is 0.214. The van der Waals surface area contributed by atoms with Gasteiger partial charge in [0.05, 0.1) is 18.2 Å². The maximum Gasteiger partial charge on any atom is 0.300 e. The lowest BCUT2D eigenvalue weighted by Crippen LogP contribution is -2.29. The fourth-order valence-electron chi connectivity index (χ4n) is 4.18. The van der Waals surface area contributed by atoms with Gasteiger partial charge in [0.1, 0.15) is 11.5 Å². The van der Waals surface area contributed by atoms with Crippen LogP contribution in [0.2, 0.25) is 0 Å². The maximum absolute atomic E-state index is 13.3. The standard InChI is InChI=1S/C28H28N2O4/c1-5-34-23-15-11-20(12-16-23)26(31)24-25(19-9-13-21(14-10-19)29(3)4)30(28(33)27(24)32)22-8-6-7-18(2)17-22/h6-17,25,31H,5H2,1-4H3/b26-24+. The minimum atomic E-state index is -0.760. The number of hydrogen-bond donors (Lipinski definition) is 1. The fourth-order valence-corrected chi connectivity index (χ4v) is 4.18. The predicted molar refractivity (Wildman–Crippen MR) is 134 cm³/mol. The number of ketones is 1. The number of rotatable bonds is 6. The zero-order chi connectivity index (χ0) is 24.4. The Labute approximate surface area is 199 Å². The number of anilines is 2. The first kappa shape index (κ1) is 23.1. The van der Waals surface area contributed by atoms with Crippen molar-refractivity contribution in [1.82, 2.24) is 0 Å². The summed E-state index contributed by atoms with van der Waals surface area (Å²) in [7, 11) is 3.89. The third-order valence-corrected chi connectivity index (χ3v) is 5.89. The summed E-state index contributed by atoms with van der Waals surface area (Å²) in [5, 5.41) is 11.3. The van der Waals surface area contributed by atoms with E-state index in [-0.39, 0.29) is 11.3 Å². The second kappa shape index (κ2) is 9.43. The van der Waals surface area contributed by atoms with Gasteiger partial charge in [-0.15, -0.1) is 0 Å². The van der Waals surface area contributed by atoms with Crippen LogP contribution in [0.3, 0.4) is 0 Å². The van der Waals surface area contributed by atoms with Crippen molar-refractivity contribution in [2.24, 2.45) is 0 Å². The third-order valence-electron chi connectivity index (χ3n) is 5.89. The van der Waals surface area contributed by atoms with Gasteiger partial charge >= 0.3 is 0 Å². The molecule has 0 bridgehead atoms. The summed E-state index contributed by atoms with van der Waals surface area (Å²) >= 11 is 0. The van der Waals surface area contributed by atoms with Gasteiger partial charge in [0.15, 0.2) is 0 Å². The summed E-state index contributed by atoms with van der Waals surface area (Å²) in [4.78, 5) is 30.0. The van der Waals surface area contributed by atoms with Gasteiger partial charge in [-0.05, 0) is 73.5 Å². The van der Waals surface area contributed by atoms with E-state index < -0.39 is 17.7 Å². The Balaban J connectivity index is 1.88. The first-order chi connectivity index (χ1) is 16.3. The van der Waals surface area contributed by atoms with Gasteiger partial charge in [-0.3, -0.25) is 14.5 Å². The average Bonchev–Trinajstić information content (AvgIpc) is 3.10. The van der Waals surface area contributed by atoms with E-state index in [2.05, 4.69) is 0 Å². The highest BCUT2D eigenvalue weighted by molar-refractivity contribution is 6.51. The molecule has 1 N–H and O–H groups in total. The maximum atomic E-state index is 13.3. The highest BCUT2D eigenvalue weighted by Gasteiger charge is 2.47. The second-order valence-electron chi connectivity index (χ2n) is 8.45. The molecule has 1 saturated heterocycles. The van der Waals surface area contributed by atoms with Crippen molar-refractivity contribution >= 4 is 28.8 Å². The number of amides is 1. The van der Waals surface area contributed by atoms with Crippen LogP contribution in [-0.4, -0.2) is 37.5 Å². The van der Waals surface area contributed by atoms with E-state index in [4.69, 9.17) is 4.74 Å². The van der Waals surface area contributed by atoms with Crippen LogP contribution in [0.25, 0.3) is 5.76 Å². The van der Waals surface area contributed by atoms with E-state index in [1.807, 2.05) is 75.3 Å². The normalized spacial score (nSPS) is 17.2. The Morgan fingerprint density at radius 1 is 1.00 bits per heavy atom. The lowest BCUT2D eigenvalue weighted by atomic mass is 9.94. The summed E-state index contributed by atoms with van der Waals surface area (Å²) < 4.78 is 5.48. The zero-order valence-electron chi connectivity index (χ0n) is 19.8.